The summed E-state index contributed by atoms with van der Waals surface area (Å²) in [5.41, 5.74) is 0.213. The second-order valence-corrected chi connectivity index (χ2v) is 5.75. The summed E-state index contributed by atoms with van der Waals surface area (Å²) in [5, 5.41) is 10.2. The fourth-order valence-electron chi connectivity index (χ4n) is 2.62. The van der Waals surface area contributed by atoms with Gasteiger partial charge in [-0.15, -0.1) is 0 Å². The first-order valence-corrected chi connectivity index (χ1v) is 8.17. The van der Waals surface area contributed by atoms with Crippen LogP contribution < -0.4 is 9.47 Å². The average molecular weight is 365 g/mol. The quantitative estimate of drug-likeness (QED) is 0.619. The van der Waals surface area contributed by atoms with E-state index >= 15 is 0 Å². The van der Waals surface area contributed by atoms with Crippen molar-refractivity contribution in [2.24, 2.45) is 0 Å². The molecule has 3 aromatic rings. The molecule has 0 radical (unpaired) electrons. The molecule has 6 heteroatoms. The first-order chi connectivity index (χ1) is 13.0. The van der Waals surface area contributed by atoms with E-state index in [-0.39, 0.29) is 11.3 Å². The second kappa shape index (κ2) is 7.75. The summed E-state index contributed by atoms with van der Waals surface area (Å²) in [6.45, 7) is 1.59. The molecule has 27 heavy (non-hydrogen) atoms. The SMILES string of the molecule is COC(=O)[C@@H](C)Oc1cccc2c(Oc3ccc(C#N)cc3F)cccc12. The van der Waals surface area contributed by atoms with E-state index in [9.17, 15) is 9.18 Å². The Morgan fingerprint density at radius 2 is 1.70 bits per heavy atom. The highest BCUT2D eigenvalue weighted by Crippen LogP contribution is 2.35. The molecule has 0 fully saturated rings. The van der Waals surface area contributed by atoms with Crippen LogP contribution in [0, 0.1) is 17.1 Å². The largest absolute Gasteiger partial charge is 0.478 e. The number of fused-ring (bicyclic) bond motifs is 1. The minimum absolute atomic E-state index is 0.00995. The highest BCUT2D eigenvalue weighted by atomic mass is 19.1. The van der Waals surface area contributed by atoms with Crippen molar-refractivity contribution in [3.63, 3.8) is 0 Å². The van der Waals surface area contributed by atoms with Crippen molar-refractivity contribution in [1.82, 2.24) is 0 Å². The molecular weight excluding hydrogens is 349 g/mol. The molecule has 0 heterocycles. The van der Waals surface area contributed by atoms with Crippen LogP contribution in [0.15, 0.2) is 54.6 Å². The van der Waals surface area contributed by atoms with E-state index in [1.807, 2.05) is 18.2 Å². The standard InChI is InChI=1S/C21H16FNO4/c1-13(21(24)25-2)26-18-7-3-6-16-15(18)5-4-8-19(16)27-20-10-9-14(12-23)11-17(20)22/h3-11,13H,1-2H3/t13-/m1/s1. The zero-order valence-corrected chi connectivity index (χ0v) is 14.7. The Morgan fingerprint density at radius 3 is 2.33 bits per heavy atom. The molecule has 0 amide bonds. The third-order valence-electron chi connectivity index (χ3n) is 3.96. The molecule has 1 atom stereocenters. The molecule has 0 aliphatic heterocycles. The van der Waals surface area contributed by atoms with E-state index in [2.05, 4.69) is 4.74 Å². The zero-order chi connectivity index (χ0) is 19.4. The summed E-state index contributed by atoms with van der Waals surface area (Å²) in [6.07, 6.45) is -0.777. The maximum Gasteiger partial charge on any atom is 0.346 e. The Morgan fingerprint density at radius 1 is 1.04 bits per heavy atom. The fourth-order valence-corrected chi connectivity index (χ4v) is 2.62. The summed E-state index contributed by atoms with van der Waals surface area (Å²) < 4.78 is 30.2. The minimum atomic E-state index is -0.777. The lowest BCUT2D eigenvalue weighted by molar-refractivity contribution is -0.147. The molecule has 0 aliphatic carbocycles. The van der Waals surface area contributed by atoms with Gasteiger partial charge in [0.15, 0.2) is 17.7 Å². The molecule has 0 saturated heterocycles. The molecule has 0 unspecified atom stereocenters. The van der Waals surface area contributed by atoms with Gasteiger partial charge in [0.25, 0.3) is 0 Å². The molecule has 0 aliphatic rings. The van der Waals surface area contributed by atoms with Gasteiger partial charge in [0.1, 0.15) is 11.5 Å². The van der Waals surface area contributed by atoms with Crippen molar-refractivity contribution < 1.29 is 23.4 Å². The Hall–Kier alpha value is -3.59. The summed E-state index contributed by atoms with van der Waals surface area (Å²) in [6, 6.07) is 16.4. The first-order valence-electron chi connectivity index (χ1n) is 8.17. The molecule has 3 rings (SSSR count). The van der Waals surface area contributed by atoms with Gasteiger partial charge >= 0.3 is 5.97 Å². The molecule has 5 nitrogen and oxygen atoms in total. The molecular formula is C21H16FNO4. The van der Waals surface area contributed by atoms with Gasteiger partial charge in [0.2, 0.25) is 0 Å². The lowest BCUT2D eigenvalue weighted by atomic mass is 10.1. The van der Waals surface area contributed by atoms with Gasteiger partial charge in [-0.1, -0.05) is 24.3 Å². The number of nitrogens with zero attached hydrogens (tertiary/aromatic N) is 1. The molecule has 136 valence electrons. The summed E-state index contributed by atoms with van der Waals surface area (Å²) >= 11 is 0. The Labute approximate surface area is 155 Å². The molecule has 0 bridgehead atoms. The zero-order valence-electron chi connectivity index (χ0n) is 14.7. The van der Waals surface area contributed by atoms with Crippen LogP contribution in [0.2, 0.25) is 0 Å². The number of hydrogen-bond donors (Lipinski definition) is 0. The van der Waals surface area contributed by atoms with Crippen LogP contribution in [0.4, 0.5) is 4.39 Å². The molecule has 0 spiro atoms. The smallest absolute Gasteiger partial charge is 0.346 e. The van der Waals surface area contributed by atoms with Gasteiger partial charge in [-0.05, 0) is 37.3 Å². The highest BCUT2D eigenvalue weighted by Gasteiger charge is 2.17. The van der Waals surface area contributed by atoms with Crippen molar-refractivity contribution in [3.05, 3.63) is 66.0 Å². The van der Waals surface area contributed by atoms with Crippen molar-refractivity contribution >= 4 is 16.7 Å². The number of benzene rings is 3. The number of carbonyl (C=O) groups is 1. The predicted molar refractivity (Wildman–Crippen MR) is 97.2 cm³/mol. The van der Waals surface area contributed by atoms with Crippen LogP contribution in [-0.2, 0) is 9.53 Å². The van der Waals surface area contributed by atoms with Crippen molar-refractivity contribution in [3.8, 4) is 23.3 Å². The molecule has 0 N–H and O–H groups in total. The average Bonchev–Trinajstić information content (AvgIpc) is 2.69. The predicted octanol–water partition coefficient (Wildman–Crippen LogP) is 4.58. The van der Waals surface area contributed by atoms with Crippen molar-refractivity contribution in [2.75, 3.05) is 7.11 Å². The number of methoxy groups -OCH3 is 1. The first kappa shape index (κ1) is 18.2. The van der Waals surface area contributed by atoms with Crippen LogP contribution in [-0.4, -0.2) is 19.2 Å². The van der Waals surface area contributed by atoms with E-state index in [4.69, 9.17) is 14.7 Å². The van der Waals surface area contributed by atoms with E-state index in [0.717, 1.165) is 6.07 Å². The normalized spacial score (nSPS) is 11.5. The Bertz CT molecular complexity index is 1040. The van der Waals surface area contributed by atoms with E-state index in [1.165, 1.54) is 19.2 Å². The maximum absolute atomic E-state index is 14.1. The number of halogens is 1. The van der Waals surface area contributed by atoms with Gasteiger partial charge in [0, 0.05) is 10.8 Å². The molecule has 0 saturated carbocycles. The molecule has 0 aromatic heterocycles. The van der Waals surface area contributed by atoms with Crippen LogP contribution in [0.3, 0.4) is 0 Å². The van der Waals surface area contributed by atoms with Crippen molar-refractivity contribution in [1.29, 1.82) is 5.26 Å². The van der Waals surface area contributed by atoms with Crippen LogP contribution >= 0.6 is 0 Å². The van der Waals surface area contributed by atoms with Crippen molar-refractivity contribution in [2.45, 2.75) is 13.0 Å². The highest BCUT2D eigenvalue weighted by molar-refractivity contribution is 5.93. The van der Waals surface area contributed by atoms with E-state index in [0.29, 0.717) is 22.3 Å². The number of nitriles is 1. The van der Waals surface area contributed by atoms with Gasteiger partial charge < -0.3 is 14.2 Å². The van der Waals surface area contributed by atoms with E-state index < -0.39 is 17.9 Å². The monoisotopic (exact) mass is 365 g/mol. The summed E-state index contributed by atoms with van der Waals surface area (Å²) in [5.74, 6) is -0.198. The topological polar surface area (TPSA) is 68.6 Å². The number of ether oxygens (including phenoxy) is 3. The van der Waals surface area contributed by atoms with Gasteiger partial charge in [-0.2, -0.15) is 5.26 Å². The maximum atomic E-state index is 14.1. The van der Waals surface area contributed by atoms with E-state index in [1.54, 1.807) is 31.2 Å². The van der Waals surface area contributed by atoms with Gasteiger partial charge in [-0.25, -0.2) is 9.18 Å². The number of esters is 1. The minimum Gasteiger partial charge on any atom is -0.478 e. The van der Waals surface area contributed by atoms with Crippen LogP contribution in [0.5, 0.6) is 17.2 Å². The van der Waals surface area contributed by atoms with Gasteiger partial charge in [0.05, 0.1) is 18.7 Å². The summed E-state index contributed by atoms with van der Waals surface area (Å²) in [4.78, 5) is 11.6. The lowest BCUT2D eigenvalue weighted by Gasteiger charge is -2.16. The Balaban J connectivity index is 1.97. The number of rotatable bonds is 5. The van der Waals surface area contributed by atoms with Crippen LogP contribution in [0.25, 0.3) is 10.8 Å². The number of carbonyl (C=O) groups excluding carboxylic acids is 1. The molecule has 3 aromatic carbocycles. The second-order valence-electron chi connectivity index (χ2n) is 5.75. The number of hydrogen-bond acceptors (Lipinski definition) is 5. The van der Waals surface area contributed by atoms with Crippen LogP contribution in [0.1, 0.15) is 12.5 Å². The fraction of sp³-hybridized carbons (Fsp3) is 0.143. The lowest BCUT2D eigenvalue weighted by Crippen LogP contribution is -2.24. The Kier molecular flexibility index (Phi) is 5.23. The third-order valence-corrected chi connectivity index (χ3v) is 3.96. The van der Waals surface area contributed by atoms with Gasteiger partial charge in [-0.3, -0.25) is 0 Å². The summed E-state index contributed by atoms with van der Waals surface area (Å²) in [7, 11) is 1.30. The third kappa shape index (κ3) is 3.82.